The van der Waals surface area contributed by atoms with Gasteiger partial charge in [0.25, 0.3) is 0 Å². The number of H-pyrrole nitrogens is 1. The van der Waals surface area contributed by atoms with Crippen LogP contribution in [-0.2, 0) is 13.1 Å². The van der Waals surface area contributed by atoms with Crippen molar-refractivity contribution in [3.63, 3.8) is 0 Å². The van der Waals surface area contributed by atoms with Crippen molar-refractivity contribution in [2.24, 2.45) is 0 Å². The maximum Gasteiger partial charge on any atom is 0.0724 e. The zero-order valence-corrected chi connectivity index (χ0v) is 10.9. The first-order valence-electron chi connectivity index (χ1n) is 6.35. The van der Waals surface area contributed by atoms with Crippen molar-refractivity contribution in [1.29, 1.82) is 0 Å². The Hall–Kier alpha value is -2.20. The molecule has 0 bridgehead atoms. The monoisotopic (exact) mass is 252 g/mol. The molecular formula is C15H16N4. The van der Waals surface area contributed by atoms with Gasteiger partial charge in [-0.05, 0) is 30.0 Å². The first kappa shape index (κ1) is 11.9. The van der Waals surface area contributed by atoms with E-state index in [-0.39, 0.29) is 0 Å². The topological polar surface area (TPSA) is 53.6 Å². The summed E-state index contributed by atoms with van der Waals surface area (Å²) in [6.45, 7) is 3.50. The zero-order chi connectivity index (χ0) is 13.1. The molecule has 3 rings (SSSR count). The van der Waals surface area contributed by atoms with E-state index in [0.717, 1.165) is 24.5 Å². The first-order valence-corrected chi connectivity index (χ1v) is 6.35. The summed E-state index contributed by atoms with van der Waals surface area (Å²) in [4.78, 5) is 11.8. The minimum absolute atomic E-state index is 0.732. The number of nitrogens with one attached hydrogen (secondary N) is 2. The van der Waals surface area contributed by atoms with Crippen LogP contribution in [0.15, 0.2) is 42.9 Å². The van der Waals surface area contributed by atoms with E-state index in [9.17, 15) is 0 Å². The van der Waals surface area contributed by atoms with Gasteiger partial charge < -0.3 is 10.3 Å². The van der Waals surface area contributed by atoms with E-state index in [1.165, 1.54) is 16.5 Å². The molecule has 4 nitrogen and oxygen atoms in total. The normalized spacial score (nSPS) is 11.0. The summed E-state index contributed by atoms with van der Waals surface area (Å²) in [7, 11) is 0. The van der Waals surface area contributed by atoms with Gasteiger partial charge in [0.15, 0.2) is 0 Å². The molecule has 19 heavy (non-hydrogen) atoms. The van der Waals surface area contributed by atoms with Crippen LogP contribution in [0.25, 0.3) is 10.9 Å². The van der Waals surface area contributed by atoms with E-state index in [1.54, 1.807) is 6.20 Å². The van der Waals surface area contributed by atoms with Crippen LogP contribution in [0.4, 0.5) is 0 Å². The van der Waals surface area contributed by atoms with E-state index in [0.29, 0.717) is 0 Å². The number of nitrogens with zero attached hydrogens (tertiary/aromatic N) is 2. The lowest BCUT2D eigenvalue weighted by molar-refractivity contribution is 0.676. The molecule has 3 aromatic rings. The van der Waals surface area contributed by atoms with Crippen LogP contribution < -0.4 is 5.32 Å². The minimum atomic E-state index is 0.732. The molecule has 0 spiro atoms. The summed E-state index contributed by atoms with van der Waals surface area (Å²) in [5.41, 5.74) is 4.34. The lowest BCUT2D eigenvalue weighted by Gasteiger charge is -2.05. The number of aromatic amines is 1. The van der Waals surface area contributed by atoms with E-state index in [4.69, 9.17) is 0 Å². The number of fused-ring (bicyclic) bond motifs is 1. The smallest absolute Gasteiger partial charge is 0.0724 e. The molecule has 2 aromatic heterocycles. The maximum absolute atomic E-state index is 4.32. The Morgan fingerprint density at radius 3 is 2.89 bits per heavy atom. The largest absolute Gasteiger partial charge is 0.361 e. The summed E-state index contributed by atoms with van der Waals surface area (Å²) >= 11 is 0. The van der Waals surface area contributed by atoms with Crippen LogP contribution in [0.2, 0.25) is 0 Å². The van der Waals surface area contributed by atoms with Gasteiger partial charge in [-0.25, -0.2) is 0 Å². The molecule has 0 atom stereocenters. The van der Waals surface area contributed by atoms with Gasteiger partial charge in [0.05, 0.1) is 11.4 Å². The summed E-state index contributed by atoms with van der Waals surface area (Å²) in [5.74, 6) is 0. The van der Waals surface area contributed by atoms with Crippen molar-refractivity contribution >= 4 is 10.9 Å². The second-order valence-electron chi connectivity index (χ2n) is 4.65. The number of benzene rings is 1. The molecule has 2 heterocycles. The fourth-order valence-corrected chi connectivity index (χ4v) is 2.05. The Labute approximate surface area is 111 Å². The molecule has 0 aliphatic carbocycles. The van der Waals surface area contributed by atoms with Crippen LogP contribution in [-0.4, -0.2) is 15.0 Å². The highest BCUT2D eigenvalue weighted by Crippen LogP contribution is 2.13. The van der Waals surface area contributed by atoms with Crippen molar-refractivity contribution in [1.82, 2.24) is 20.3 Å². The van der Waals surface area contributed by atoms with Crippen molar-refractivity contribution in [3.05, 3.63) is 59.8 Å². The van der Waals surface area contributed by atoms with Gasteiger partial charge in [-0.2, -0.15) is 0 Å². The number of aromatic nitrogens is 3. The van der Waals surface area contributed by atoms with Crippen molar-refractivity contribution < 1.29 is 0 Å². The fourth-order valence-electron chi connectivity index (χ4n) is 2.05. The Kier molecular flexibility index (Phi) is 3.25. The third-order valence-corrected chi connectivity index (χ3v) is 3.09. The predicted octanol–water partition coefficient (Wildman–Crippen LogP) is 2.56. The zero-order valence-electron chi connectivity index (χ0n) is 10.9. The van der Waals surface area contributed by atoms with Gasteiger partial charge in [-0.1, -0.05) is 12.1 Å². The van der Waals surface area contributed by atoms with Gasteiger partial charge in [0, 0.05) is 37.2 Å². The number of aryl methyl sites for hydroxylation is 1. The Balaban J connectivity index is 1.61. The Morgan fingerprint density at radius 1 is 1.11 bits per heavy atom. The number of hydrogen-bond acceptors (Lipinski definition) is 3. The molecule has 0 saturated heterocycles. The maximum atomic E-state index is 4.32. The summed E-state index contributed by atoms with van der Waals surface area (Å²) in [6.07, 6.45) is 5.57. The van der Waals surface area contributed by atoms with E-state index >= 15 is 0 Å². The summed E-state index contributed by atoms with van der Waals surface area (Å²) in [5, 5.41) is 4.62. The molecule has 0 fully saturated rings. The molecule has 0 unspecified atom stereocenters. The number of hydrogen-bond donors (Lipinski definition) is 2. The quantitative estimate of drug-likeness (QED) is 0.750. The second-order valence-corrected chi connectivity index (χ2v) is 4.65. The van der Waals surface area contributed by atoms with Gasteiger partial charge >= 0.3 is 0 Å². The highest BCUT2D eigenvalue weighted by Gasteiger charge is 1.98. The SMILES string of the molecule is Cc1cnc(CNCc2ccc3cc[nH]c3c2)cn1. The third kappa shape index (κ3) is 2.80. The highest BCUT2D eigenvalue weighted by atomic mass is 14.9. The van der Waals surface area contributed by atoms with Gasteiger partial charge in [0.1, 0.15) is 0 Å². The summed E-state index contributed by atoms with van der Waals surface area (Å²) < 4.78 is 0. The van der Waals surface area contributed by atoms with Gasteiger partial charge in [0.2, 0.25) is 0 Å². The molecule has 96 valence electrons. The van der Waals surface area contributed by atoms with Crippen molar-refractivity contribution in [3.8, 4) is 0 Å². The third-order valence-electron chi connectivity index (χ3n) is 3.09. The van der Waals surface area contributed by atoms with Gasteiger partial charge in [-0.3, -0.25) is 9.97 Å². The molecule has 1 aromatic carbocycles. The van der Waals surface area contributed by atoms with Crippen LogP contribution in [0.3, 0.4) is 0 Å². The fraction of sp³-hybridized carbons (Fsp3) is 0.200. The Bertz CT molecular complexity index is 670. The second kappa shape index (κ2) is 5.20. The predicted molar refractivity (Wildman–Crippen MR) is 75.6 cm³/mol. The van der Waals surface area contributed by atoms with Crippen LogP contribution in [0.5, 0.6) is 0 Å². The molecular weight excluding hydrogens is 236 g/mol. The lowest BCUT2D eigenvalue weighted by atomic mass is 10.1. The first-order chi connectivity index (χ1) is 9.31. The summed E-state index contributed by atoms with van der Waals surface area (Å²) in [6, 6.07) is 8.52. The molecule has 0 aliphatic rings. The van der Waals surface area contributed by atoms with Crippen molar-refractivity contribution in [2.75, 3.05) is 0 Å². The van der Waals surface area contributed by atoms with E-state index < -0.39 is 0 Å². The standard InChI is InChI=1S/C15H16N4/c1-11-7-19-14(10-18-11)9-16-8-12-2-3-13-4-5-17-15(13)6-12/h2-7,10,16-17H,8-9H2,1H3. The molecule has 2 N–H and O–H groups in total. The average molecular weight is 252 g/mol. The van der Waals surface area contributed by atoms with Crippen LogP contribution in [0, 0.1) is 6.92 Å². The molecule has 4 heteroatoms. The van der Waals surface area contributed by atoms with E-state index in [1.807, 2.05) is 19.3 Å². The number of rotatable bonds is 4. The van der Waals surface area contributed by atoms with Crippen LogP contribution >= 0.6 is 0 Å². The Morgan fingerprint density at radius 2 is 2.05 bits per heavy atom. The van der Waals surface area contributed by atoms with E-state index in [2.05, 4.69) is 44.5 Å². The van der Waals surface area contributed by atoms with Crippen LogP contribution in [0.1, 0.15) is 17.0 Å². The average Bonchev–Trinajstić information content (AvgIpc) is 2.88. The molecule has 0 radical (unpaired) electrons. The highest BCUT2D eigenvalue weighted by molar-refractivity contribution is 5.79. The minimum Gasteiger partial charge on any atom is -0.361 e. The van der Waals surface area contributed by atoms with Gasteiger partial charge in [-0.15, -0.1) is 0 Å². The molecule has 0 aliphatic heterocycles. The molecule has 0 saturated carbocycles. The van der Waals surface area contributed by atoms with Crippen molar-refractivity contribution in [2.45, 2.75) is 20.0 Å². The molecule has 0 amide bonds. The lowest BCUT2D eigenvalue weighted by Crippen LogP contribution is -2.13.